The zero-order chi connectivity index (χ0) is 15.6. The van der Waals surface area contributed by atoms with Crippen molar-refractivity contribution in [3.8, 4) is 0 Å². The number of fused-ring (bicyclic) bond motifs is 1. The van der Waals surface area contributed by atoms with Crippen molar-refractivity contribution in [1.82, 2.24) is 15.3 Å². The molecular formula is C17H17N3OS. The maximum atomic E-state index is 12.5. The van der Waals surface area contributed by atoms with Gasteiger partial charge in [0.25, 0.3) is 5.91 Å². The quantitative estimate of drug-likeness (QED) is 0.803. The average Bonchev–Trinajstić information content (AvgIpc) is 3.07. The molecule has 3 aromatic heterocycles. The van der Waals surface area contributed by atoms with E-state index in [2.05, 4.69) is 40.6 Å². The van der Waals surface area contributed by atoms with E-state index in [4.69, 9.17) is 0 Å². The number of hydrogen-bond acceptors (Lipinski definition) is 4. The van der Waals surface area contributed by atoms with Gasteiger partial charge in [0.05, 0.1) is 11.1 Å². The largest absolute Gasteiger partial charge is 0.351 e. The molecule has 0 radical (unpaired) electrons. The molecule has 3 rings (SSSR count). The molecular weight excluding hydrogens is 294 g/mol. The summed E-state index contributed by atoms with van der Waals surface area (Å²) in [5.74, 6) is -0.0926. The van der Waals surface area contributed by atoms with E-state index in [1.165, 1.54) is 4.88 Å². The third-order valence-corrected chi connectivity index (χ3v) is 4.90. The van der Waals surface area contributed by atoms with Crippen molar-refractivity contribution >= 4 is 28.1 Å². The minimum atomic E-state index is -0.0926. The Morgan fingerprint density at radius 2 is 2.14 bits per heavy atom. The van der Waals surface area contributed by atoms with Crippen molar-refractivity contribution < 1.29 is 4.79 Å². The molecule has 112 valence electrons. The first-order valence-electron chi connectivity index (χ1n) is 7.09. The van der Waals surface area contributed by atoms with Crippen LogP contribution in [0.5, 0.6) is 0 Å². The molecule has 0 aliphatic carbocycles. The molecule has 0 bridgehead atoms. The molecule has 1 N–H and O–H groups in total. The van der Waals surface area contributed by atoms with Gasteiger partial charge in [0.15, 0.2) is 0 Å². The van der Waals surface area contributed by atoms with Gasteiger partial charge in [0.1, 0.15) is 0 Å². The van der Waals surface area contributed by atoms with Gasteiger partial charge in [-0.25, -0.2) is 0 Å². The highest BCUT2D eigenvalue weighted by atomic mass is 32.1. The van der Waals surface area contributed by atoms with Gasteiger partial charge in [0, 0.05) is 40.8 Å². The number of carbonyl (C=O) groups is 1. The molecule has 22 heavy (non-hydrogen) atoms. The lowest BCUT2D eigenvalue weighted by Gasteiger charge is -2.23. The fourth-order valence-electron chi connectivity index (χ4n) is 2.33. The van der Waals surface area contributed by atoms with E-state index < -0.39 is 0 Å². The Kier molecular flexibility index (Phi) is 3.90. The molecule has 4 nitrogen and oxygen atoms in total. The minimum Gasteiger partial charge on any atom is -0.351 e. The summed E-state index contributed by atoms with van der Waals surface area (Å²) >= 11 is 1.71. The van der Waals surface area contributed by atoms with Gasteiger partial charge in [-0.15, -0.1) is 11.3 Å². The predicted molar refractivity (Wildman–Crippen MR) is 89.2 cm³/mol. The topological polar surface area (TPSA) is 54.9 Å². The molecule has 0 atom stereocenters. The SMILES string of the molecule is CC(C)(CNC(=O)c1ccnc2ccncc12)c1cccs1. The highest BCUT2D eigenvalue weighted by Crippen LogP contribution is 2.26. The van der Waals surface area contributed by atoms with Crippen molar-refractivity contribution in [2.75, 3.05) is 6.54 Å². The average molecular weight is 311 g/mol. The van der Waals surface area contributed by atoms with E-state index in [1.807, 2.05) is 12.1 Å². The summed E-state index contributed by atoms with van der Waals surface area (Å²) in [4.78, 5) is 22.1. The van der Waals surface area contributed by atoms with E-state index in [9.17, 15) is 4.79 Å². The Morgan fingerprint density at radius 1 is 1.27 bits per heavy atom. The van der Waals surface area contributed by atoms with Crippen LogP contribution >= 0.6 is 11.3 Å². The number of thiophene rings is 1. The van der Waals surface area contributed by atoms with Gasteiger partial charge in [-0.1, -0.05) is 19.9 Å². The number of carbonyl (C=O) groups excluding carboxylic acids is 1. The molecule has 0 aromatic carbocycles. The van der Waals surface area contributed by atoms with Crippen molar-refractivity contribution in [1.29, 1.82) is 0 Å². The van der Waals surface area contributed by atoms with Gasteiger partial charge in [-0.2, -0.15) is 0 Å². The Labute approximate surface area is 133 Å². The van der Waals surface area contributed by atoms with Gasteiger partial charge < -0.3 is 5.32 Å². The number of amides is 1. The van der Waals surface area contributed by atoms with Crippen LogP contribution in [-0.4, -0.2) is 22.4 Å². The molecule has 0 fully saturated rings. The van der Waals surface area contributed by atoms with Crippen LogP contribution in [0, 0.1) is 0 Å². The van der Waals surface area contributed by atoms with E-state index in [1.54, 1.807) is 36.0 Å². The Morgan fingerprint density at radius 3 is 2.91 bits per heavy atom. The highest BCUT2D eigenvalue weighted by molar-refractivity contribution is 7.10. The van der Waals surface area contributed by atoms with Crippen molar-refractivity contribution in [2.24, 2.45) is 0 Å². The van der Waals surface area contributed by atoms with Crippen LogP contribution in [0.15, 0.2) is 48.2 Å². The first-order chi connectivity index (χ1) is 10.6. The summed E-state index contributed by atoms with van der Waals surface area (Å²) in [6.07, 6.45) is 5.01. The second kappa shape index (κ2) is 5.85. The zero-order valence-electron chi connectivity index (χ0n) is 12.5. The smallest absolute Gasteiger partial charge is 0.252 e. The third-order valence-electron chi connectivity index (χ3n) is 3.67. The fourth-order valence-corrected chi connectivity index (χ4v) is 3.19. The summed E-state index contributed by atoms with van der Waals surface area (Å²) in [7, 11) is 0. The Balaban J connectivity index is 1.80. The second-order valence-corrected chi connectivity index (χ2v) is 6.74. The molecule has 1 amide bonds. The molecule has 3 heterocycles. The first kappa shape index (κ1) is 14.7. The van der Waals surface area contributed by atoms with Crippen LogP contribution in [0.4, 0.5) is 0 Å². The van der Waals surface area contributed by atoms with Gasteiger partial charge in [-0.3, -0.25) is 14.8 Å². The van der Waals surface area contributed by atoms with Crippen LogP contribution in [-0.2, 0) is 5.41 Å². The van der Waals surface area contributed by atoms with Crippen LogP contribution in [0.3, 0.4) is 0 Å². The van der Waals surface area contributed by atoms with Crippen LogP contribution in [0.25, 0.3) is 10.9 Å². The number of nitrogens with one attached hydrogen (secondary N) is 1. The number of rotatable bonds is 4. The van der Waals surface area contributed by atoms with Crippen LogP contribution < -0.4 is 5.32 Å². The van der Waals surface area contributed by atoms with Crippen LogP contribution in [0.2, 0.25) is 0 Å². The third kappa shape index (κ3) is 2.85. The molecule has 0 aliphatic rings. The minimum absolute atomic E-state index is 0.0924. The van der Waals surface area contributed by atoms with Crippen molar-refractivity contribution in [2.45, 2.75) is 19.3 Å². The maximum Gasteiger partial charge on any atom is 0.252 e. The zero-order valence-corrected chi connectivity index (χ0v) is 13.4. The first-order valence-corrected chi connectivity index (χ1v) is 7.97. The van der Waals surface area contributed by atoms with Gasteiger partial charge >= 0.3 is 0 Å². The number of pyridine rings is 2. The van der Waals surface area contributed by atoms with E-state index in [0.717, 1.165) is 10.9 Å². The standard InChI is InChI=1S/C17H17N3OS/c1-17(2,15-4-3-9-22-15)11-20-16(21)12-5-8-19-14-6-7-18-10-13(12)14/h3-10H,11H2,1-2H3,(H,20,21). The molecule has 0 saturated heterocycles. The molecule has 0 unspecified atom stereocenters. The van der Waals surface area contributed by atoms with Gasteiger partial charge in [-0.05, 0) is 23.6 Å². The summed E-state index contributed by atoms with van der Waals surface area (Å²) in [6.45, 7) is 4.84. The normalized spacial score (nSPS) is 11.5. The number of nitrogens with zero attached hydrogens (tertiary/aromatic N) is 2. The Bertz CT molecular complexity index is 791. The van der Waals surface area contributed by atoms with Crippen LogP contribution in [0.1, 0.15) is 29.1 Å². The van der Waals surface area contributed by atoms with Crippen molar-refractivity contribution in [3.05, 3.63) is 58.7 Å². The summed E-state index contributed by atoms with van der Waals surface area (Å²) < 4.78 is 0. The Hall–Kier alpha value is -2.27. The van der Waals surface area contributed by atoms with E-state index in [-0.39, 0.29) is 11.3 Å². The highest BCUT2D eigenvalue weighted by Gasteiger charge is 2.23. The maximum absolute atomic E-state index is 12.5. The van der Waals surface area contributed by atoms with Gasteiger partial charge in [0.2, 0.25) is 0 Å². The predicted octanol–water partition coefficient (Wildman–Crippen LogP) is 3.40. The lowest BCUT2D eigenvalue weighted by Crippen LogP contribution is -2.36. The summed E-state index contributed by atoms with van der Waals surface area (Å²) in [5, 5.41) is 5.86. The molecule has 0 spiro atoms. The monoisotopic (exact) mass is 311 g/mol. The molecule has 3 aromatic rings. The number of hydrogen-bond donors (Lipinski definition) is 1. The fraction of sp³-hybridized carbons (Fsp3) is 0.235. The van der Waals surface area contributed by atoms with Crippen molar-refractivity contribution in [3.63, 3.8) is 0 Å². The summed E-state index contributed by atoms with van der Waals surface area (Å²) in [5.41, 5.74) is 1.30. The molecule has 0 saturated carbocycles. The molecule has 5 heteroatoms. The second-order valence-electron chi connectivity index (χ2n) is 5.80. The summed E-state index contributed by atoms with van der Waals surface area (Å²) in [6, 6.07) is 7.67. The van der Waals surface area contributed by atoms with E-state index in [0.29, 0.717) is 12.1 Å². The lowest BCUT2D eigenvalue weighted by atomic mass is 9.91. The lowest BCUT2D eigenvalue weighted by molar-refractivity contribution is 0.0947. The number of aromatic nitrogens is 2. The molecule has 0 aliphatic heterocycles. The van der Waals surface area contributed by atoms with E-state index >= 15 is 0 Å².